The van der Waals surface area contributed by atoms with Crippen LogP contribution < -0.4 is 0 Å². The number of nitrogens with zero attached hydrogens (tertiary/aromatic N) is 2. The predicted octanol–water partition coefficient (Wildman–Crippen LogP) is 3.36. The fourth-order valence-electron chi connectivity index (χ4n) is 3.62. The number of carbonyl (C=O) groups is 1. The van der Waals surface area contributed by atoms with E-state index in [1.165, 1.54) is 6.07 Å². The molecule has 3 rings (SSSR count). The molecule has 0 saturated carbocycles. The zero-order chi connectivity index (χ0) is 19.8. The average Bonchev–Trinajstić information content (AvgIpc) is 2.61. The summed E-state index contributed by atoms with van der Waals surface area (Å²) in [5.41, 5.74) is 1.65. The van der Waals surface area contributed by atoms with Crippen LogP contribution in [0.5, 0.6) is 11.5 Å². The van der Waals surface area contributed by atoms with Gasteiger partial charge in [-0.05, 0) is 23.1 Å². The quantitative estimate of drug-likeness (QED) is 0.641. The molecule has 0 aromatic heterocycles. The van der Waals surface area contributed by atoms with Crippen molar-refractivity contribution in [1.29, 1.82) is 0 Å². The van der Waals surface area contributed by atoms with Crippen molar-refractivity contribution >= 4 is 5.91 Å². The van der Waals surface area contributed by atoms with Gasteiger partial charge < -0.3 is 25.0 Å². The number of hydroxylamine groups is 3. The van der Waals surface area contributed by atoms with Gasteiger partial charge in [-0.25, -0.2) is 0 Å². The van der Waals surface area contributed by atoms with E-state index in [1.807, 2.05) is 44.2 Å². The van der Waals surface area contributed by atoms with Crippen LogP contribution in [0.4, 0.5) is 0 Å². The maximum Gasteiger partial charge on any atom is 0.258 e. The number of piperazine rings is 1. The van der Waals surface area contributed by atoms with Gasteiger partial charge in [-0.3, -0.25) is 4.79 Å². The highest BCUT2D eigenvalue weighted by molar-refractivity contribution is 5.97. The number of benzene rings is 2. The van der Waals surface area contributed by atoms with Crippen LogP contribution in [-0.4, -0.2) is 52.3 Å². The number of rotatable bonds is 3. The van der Waals surface area contributed by atoms with Gasteiger partial charge in [0.25, 0.3) is 5.91 Å². The van der Waals surface area contributed by atoms with Gasteiger partial charge in [0.2, 0.25) is 0 Å². The minimum Gasteiger partial charge on any atom is -0.633 e. The maximum atomic E-state index is 13.3. The third-order valence-corrected chi connectivity index (χ3v) is 5.19. The number of phenols is 2. The minimum atomic E-state index is -0.415. The molecule has 1 aliphatic rings. The topological polar surface area (TPSA) is 83.8 Å². The third-order valence-electron chi connectivity index (χ3n) is 5.19. The van der Waals surface area contributed by atoms with Gasteiger partial charge in [0.1, 0.15) is 24.1 Å². The average molecular weight is 370 g/mol. The van der Waals surface area contributed by atoms with Crippen LogP contribution in [0, 0.1) is 5.21 Å². The second kappa shape index (κ2) is 7.21. The Labute approximate surface area is 159 Å². The van der Waals surface area contributed by atoms with Crippen LogP contribution in [0.3, 0.4) is 0 Å². The molecule has 0 spiro atoms. The van der Waals surface area contributed by atoms with Gasteiger partial charge in [0.05, 0.1) is 25.7 Å². The summed E-state index contributed by atoms with van der Waals surface area (Å²) in [6, 6.07) is 11.9. The molecule has 6 heteroatoms. The van der Waals surface area contributed by atoms with Crippen molar-refractivity contribution < 1.29 is 19.7 Å². The first-order chi connectivity index (χ1) is 12.7. The third kappa shape index (κ3) is 3.91. The number of carbonyl (C=O) groups excluding carboxylic acids is 1. The monoisotopic (exact) mass is 370 g/mol. The van der Waals surface area contributed by atoms with Crippen LogP contribution >= 0.6 is 0 Å². The van der Waals surface area contributed by atoms with E-state index in [0.29, 0.717) is 18.7 Å². The molecule has 2 atom stereocenters. The second-order valence-electron chi connectivity index (χ2n) is 7.71. The molecule has 2 aromatic carbocycles. The van der Waals surface area contributed by atoms with E-state index in [4.69, 9.17) is 0 Å². The SMILES string of the molecule is CC(C)c1cc(C(=O)N2CC[N+](C)([O-])CC2c2ccccc2)c(O)cc1O. The summed E-state index contributed by atoms with van der Waals surface area (Å²) in [7, 11) is 1.62. The van der Waals surface area contributed by atoms with Gasteiger partial charge in [-0.15, -0.1) is 0 Å². The minimum absolute atomic E-state index is 0.00465. The smallest absolute Gasteiger partial charge is 0.258 e. The largest absolute Gasteiger partial charge is 0.633 e. The summed E-state index contributed by atoms with van der Waals surface area (Å²) >= 11 is 0. The number of hydrogen-bond donors (Lipinski definition) is 2. The Morgan fingerprint density at radius 2 is 1.85 bits per heavy atom. The lowest BCUT2D eigenvalue weighted by Crippen LogP contribution is -2.56. The number of likely N-dealkylation sites (N-methyl/N-ethyl adjacent to an activating group) is 1. The van der Waals surface area contributed by atoms with Crippen molar-refractivity contribution in [2.24, 2.45) is 0 Å². The van der Waals surface area contributed by atoms with E-state index < -0.39 is 4.65 Å². The molecule has 2 unspecified atom stereocenters. The van der Waals surface area contributed by atoms with E-state index in [0.717, 1.165) is 5.56 Å². The molecular weight excluding hydrogens is 344 g/mol. The van der Waals surface area contributed by atoms with Gasteiger partial charge in [0, 0.05) is 6.07 Å². The number of amides is 1. The van der Waals surface area contributed by atoms with Crippen LogP contribution in [0.15, 0.2) is 42.5 Å². The first kappa shape index (κ1) is 19.2. The molecule has 1 saturated heterocycles. The Kier molecular flexibility index (Phi) is 5.13. The lowest BCUT2D eigenvalue weighted by molar-refractivity contribution is -0.869. The van der Waals surface area contributed by atoms with Crippen LogP contribution in [0.25, 0.3) is 0 Å². The summed E-state index contributed by atoms with van der Waals surface area (Å²) in [5.74, 6) is -0.604. The number of hydrogen-bond acceptors (Lipinski definition) is 4. The first-order valence-corrected chi connectivity index (χ1v) is 9.17. The number of aromatic hydroxyl groups is 2. The van der Waals surface area contributed by atoms with Crippen LogP contribution in [-0.2, 0) is 0 Å². The standard InChI is InChI=1S/C21H26N2O4/c1-14(2)16-11-17(20(25)12-19(16)24)21(26)22-9-10-23(3,27)13-18(22)15-7-5-4-6-8-15/h4-8,11-12,14,18,24-25H,9-10,13H2,1-3H3. The number of phenolic OH excluding ortho intramolecular Hbond substituents is 2. The lowest BCUT2D eigenvalue weighted by atomic mass is 9.96. The first-order valence-electron chi connectivity index (χ1n) is 9.17. The second-order valence-corrected chi connectivity index (χ2v) is 7.71. The van der Waals surface area contributed by atoms with E-state index in [1.54, 1.807) is 18.0 Å². The van der Waals surface area contributed by atoms with Crippen molar-refractivity contribution in [2.45, 2.75) is 25.8 Å². The molecule has 1 aliphatic heterocycles. The molecule has 2 N–H and O–H groups in total. The highest BCUT2D eigenvalue weighted by atomic mass is 16.5. The van der Waals surface area contributed by atoms with Crippen LogP contribution in [0.2, 0.25) is 0 Å². The van der Waals surface area contributed by atoms with E-state index in [-0.39, 0.29) is 41.5 Å². The zero-order valence-corrected chi connectivity index (χ0v) is 15.9. The zero-order valence-electron chi connectivity index (χ0n) is 15.9. The molecule has 6 nitrogen and oxygen atoms in total. The van der Waals surface area contributed by atoms with E-state index >= 15 is 0 Å². The molecule has 1 fully saturated rings. The Bertz CT molecular complexity index is 834. The summed E-state index contributed by atoms with van der Waals surface area (Å²) < 4.78 is -0.415. The molecule has 1 heterocycles. The summed E-state index contributed by atoms with van der Waals surface area (Å²) in [6.07, 6.45) is 0. The van der Waals surface area contributed by atoms with E-state index in [2.05, 4.69) is 0 Å². The maximum absolute atomic E-state index is 13.3. The van der Waals surface area contributed by atoms with Gasteiger partial charge in [-0.2, -0.15) is 0 Å². The molecule has 0 aliphatic carbocycles. The molecular formula is C21H26N2O4. The molecule has 2 aromatic rings. The van der Waals surface area contributed by atoms with Crippen molar-refractivity contribution in [3.63, 3.8) is 0 Å². The summed E-state index contributed by atoms with van der Waals surface area (Å²) in [6.45, 7) is 4.68. The lowest BCUT2D eigenvalue weighted by Gasteiger charge is -2.49. The Balaban J connectivity index is 2.01. The summed E-state index contributed by atoms with van der Waals surface area (Å²) in [4.78, 5) is 14.9. The van der Waals surface area contributed by atoms with Crippen LogP contribution in [0.1, 0.15) is 47.3 Å². The highest BCUT2D eigenvalue weighted by Gasteiger charge is 2.36. The Hall–Kier alpha value is -2.57. The normalized spacial score (nSPS) is 22.9. The highest BCUT2D eigenvalue weighted by Crippen LogP contribution is 2.35. The molecule has 144 valence electrons. The van der Waals surface area contributed by atoms with Crippen molar-refractivity contribution in [1.82, 2.24) is 4.90 Å². The fraction of sp³-hybridized carbons (Fsp3) is 0.381. The molecule has 27 heavy (non-hydrogen) atoms. The number of quaternary nitrogens is 1. The Morgan fingerprint density at radius 3 is 2.48 bits per heavy atom. The molecule has 0 radical (unpaired) electrons. The van der Waals surface area contributed by atoms with Gasteiger partial charge >= 0.3 is 0 Å². The van der Waals surface area contributed by atoms with Gasteiger partial charge in [0.15, 0.2) is 0 Å². The van der Waals surface area contributed by atoms with Gasteiger partial charge in [-0.1, -0.05) is 44.2 Å². The summed E-state index contributed by atoms with van der Waals surface area (Å²) in [5, 5.41) is 32.9. The van der Waals surface area contributed by atoms with Crippen molar-refractivity contribution in [3.8, 4) is 11.5 Å². The predicted molar refractivity (Wildman–Crippen MR) is 103 cm³/mol. The van der Waals surface area contributed by atoms with E-state index in [9.17, 15) is 20.2 Å². The van der Waals surface area contributed by atoms with Crippen molar-refractivity contribution in [3.05, 3.63) is 64.4 Å². The van der Waals surface area contributed by atoms with Crippen molar-refractivity contribution in [2.75, 3.05) is 26.7 Å². The Morgan fingerprint density at radius 1 is 1.19 bits per heavy atom. The fourth-order valence-corrected chi connectivity index (χ4v) is 3.62. The molecule has 1 amide bonds. The molecule has 0 bridgehead atoms.